The summed E-state index contributed by atoms with van der Waals surface area (Å²) < 4.78 is 0. The molecule has 0 radical (unpaired) electrons. The standard InChI is InChI=1S/C15H30N2/c1-3-16-14-9-7-5-6-8-10-15(14)17(4-2)13-11-12-13/h13-16H,3-12H2,1-2H3. The van der Waals surface area contributed by atoms with Crippen molar-refractivity contribution in [2.75, 3.05) is 13.1 Å². The maximum absolute atomic E-state index is 3.76. The molecule has 2 aliphatic carbocycles. The molecule has 0 aliphatic heterocycles. The third-order valence-corrected chi connectivity index (χ3v) is 4.50. The van der Waals surface area contributed by atoms with Gasteiger partial charge in [-0.25, -0.2) is 0 Å². The average Bonchev–Trinajstić information content (AvgIpc) is 3.11. The molecule has 2 heteroatoms. The summed E-state index contributed by atoms with van der Waals surface area (Å²) in [7, 11) is 0. The maximum atomic E-state index is 3.76. The zero-order valence-corrected chi connectivity index (χ0v) is 11.8. The van der Waals surface area contributed by atoms with Crippen LogP contribution in [0.15, 0.2) is 0 Å². The van der Waals surface area contributed by atoms with Gasteiger partial charge in [0.1, 0.15) is 0 Å². The van der Waals surface area contributed by atoms with Gasteiger partial charge in [-0.2, -0.15) is 0 Å². The predicted octanol–water partition coefficient (Wildman–Crippen LogP) is 3.17. The van der Waals surface area contributed by atoms with Crippen molar-refractivity contribution < 1.29 is 0 Å². The van der Waals surface area contributed by atoms with Gasteiger partial charge in [0.15, 0.2) is 0 Å². The normalized spacial score (nSPS) is 31.2. The van der Waals surface area contributed by atoms with E-state index in [1.165, 1.54) is 57.9 Å². The largest absolute Gasteiger partial charge is 0.313 e. The summed E-state index contributed by atoms with van der Waals surface area (Å²) in [4.78, 5) is 2.80. The van der Waals surface area contributed by atoms with E-state index in [2.05, 4.69) is 24.1 Å². The molecule has 0 aromatic rings. The minimum Gasteiger partial charge on any atom is -0.313 e. The van der Waals surface area contributed by atoms with E-state index in [1.54, 1.807) is 0 Å². The van der Waals surface area contributed by atoms with Crippen LogP contribution in [-0.2, 0) is 0 Å². The van der Waals surface area contributed by atoms with Gasteiger partial charge in [0.25, 0.3) is 0 Å². The van der Waals surface area contributed by atoms with Crippen LogP contribution in [0, 0.1) is 0 Å². The summed E-state index contributed by atoms with van der Waals surface area (Å²) >= 11 is 0. The van der Waals surface area contributed by atoms with Gasteiger partial charge in [0, 0.05) is 18.1 Å². The first-order chi connectivity index (χ1) is 8.36. The van der Waals surface area contributed by atoms with Gasteiger partial charge in [-0.05, 0) is 38.8 Å². The molecular formula is C15H30N2. The van der Waals surface area contributed by atoms with Crippen LogP contribution in [0.25, 0.3) is 0 Å². The van der Waals surface area contributed by atoms with Crippen LogP contribution < -0.4 is 5.32 Å². The second kappa shape index (κ2) is 6.75. The van der Waals surface area contributed by atoms with Crippen LogP contribution >= 0.6 is 0 Å². The first-order valence-electron chi connectivity index (χ1n) is 7.86. The Hall–Kier alpha value is -0.0800. The molecule has 17 heavy (non-hydrogen) atoms. The minimum atomic E-state index is 0.751. The zero-order chi connectivity index (χ0) is 12.1. The quantitative estimate of drug-likeness (QED) is 0.791. The van der Waals surface area contributed by atoms with Crippen LogP contribution in [0.4, 0.5) is 0 Å². The summed E-state index contributed by atoms with van der Waals surface area (Å²) in [5.74, 6) is 0. The van der Waals surface area contributed by atoms with E-state index in [0.717, 1.165) is 24.7 Å². The Morgan fingerprint density at radius 1 is 0.941 bits per heavy atom. The molecule has 2 nitrogen and oxygen atoms in total. The van der Waals surface area contributed by atoms with Crippen LogP contribution in [0.3, 0.4) is 0 Å². The maximum Gasteiger partial charge on any atom is 0.0252 e. The molecule has 0 heterocycles. The Morgan fingerprint density at radius 2 is 1.65 bits per heavy atom. The van der Waals surface area contributed by atoms with Crippen molar-refractivity contribution in [3.8, 4) is 0 Å². The van der Waals surface area contributed by atoms with Crippen molar-refractivity contribution in [3.05, 3.63) is 0 Å². The van der Waals surface area contributed by atoms with E-state index in [9.17, 15) is 0 Å². The van der Waals surface area contributed by atoms with E-state index in [1.807, 2.05) is 0 Å². The van der Waals surface area contributed by atoms with Crippen molar-refractivity contribution in [1.29, 1.82) is 0 Å². The van der Waals surface area contributed by atoms with Crippen molar-refractivity contribution in [2.24, 2.45) is 0 Å². The lowest BCUT2D eigenvalue weighted by Crippen LogP contribution is -2.51. The summed E-state index contributed by atoms with van der Waals surface area (Å²) in [5.41, 5.74) is 0. The highest BCUT2D eigenvalue weighted by Crippen LogP contribution is 2.32. The minimum absolute atomic E-state index is 0.751. The fourth-order valence-electron chi connectivity index (χ4n) is 3.53. The van der Waals surface area contributed by atoms with Gasteiger partial charge >= 0.3 is 0 Å². The molecule has 2 saturated carbocycles. The molecule has 2 aliphatic rings. The van der Waals surface area contributed by atoms with Crippen molar-refractivity contribution in [3.63, 3.8) is 0 Å². The molecular weight excluding hydrogens is 208 g/mol. The first kappa shape index (κ1) is 13.4. The van der Waals surface area contributed by atoms with E-state index < -0.39 is 0 Å². The number of hydrogen-bond acceptors (Lipinski definition) is 2. The summed E-state index contributed by atoms with van der Waals surface area (Å²) in [6, 6.07) is 2.49. The molecule has 100 valence electrons. The highest BCUT2D eigenvalue weighted by molar-refractivity contribution is 4.93. The molecule has 0 bridgehead atoms. The number of nitrogens with zero attached hydrogens (tertiary/aromatic N) is 1. The second-order valence-electron chi connectivity index (χ2n) is 5.78. The summed E-state index contributed by atoms with van der Waals surface area (Å²) in [6.45, 7) is 6.98. The number of nitrogens with one attached hydrogen (secondary N) is 1. The van der Waals surface area contributed by atoms with Crippen molar-refractivity contribution in [2.45, 2.75) is 83.3 Å². The monoisotopic (exact) mass is 238 g/mol. The molecule has 2 unspecified atom stereocenters. The third-order valence-electron chi connectivity index (χ3n) is 4.50. The van der Waals surface area contributed by atoms with Gasteiger partial charge in [-0.15, -0.1) is 0 Å². The van der Waals surface area contributed by atoms with E-state index in [4.69, 9.17) is 0 Å². The lowest BCUT2D eigenvalue weighted by molar-refractivity contribution is 0.132. The molecule has 0 aromatic heterocycles. The summed E-state index contributed by atoms with van der Waals surface area (Å²) in [6.07, 6.45) is 11.5. The predicted molar refractivity (Wildman–Crippen MR) is 74.4 cm³/mol. The fourth-order valence-corrected chi connectivity index (χ4v) is 3.53. The molecule has 0 spiro atoms. The lowest BCUT2D eigenvalue weighted by Gasteiger charge is -2.38. The molecule has 2 rings (SSSR count). The number of likely N-dealkylation sites (N-methyl/N-ethyl adjacent to an activating group) is 2. The smallest absolute Gasteiger partial charge is 0.0252 e. The van der Waals surface area contributed by atoms with Crippen molar-refractivity contribution >= 4 is 0 Å². The van der Waals surface area contributed by atoms with Gasteiger partial charge in [0.05, 0.1) is 0 Å². The van der Waals surface area contributed by atoms with E-state index in [0.29, 0.717) is 0 Å². The molecule has 2 atom stereocenters. The fraction of sp³-hybridized carbons (Fsp3) is 1.00. The van der Waals surface area contributed by atoms with Gasteiger partial charge in [-0.1, -0.05) is 39.5 Å². The molecule has 0 aromatic carbocycles. The second-order valence-corrected chi connectivity index (χ2v) is 5.78. The Morgan fingerprint density at radius 3 is 2.24 bits per heavy atom. The summed E-state index contributed by atoms with van der Waals surface area (Å²) in [5, 5.41) is 3.76. The van der Waals surface area contributed by atoms with E-state index >= 15 is 0 Å². The molecule has 1 N–H and O–H groups in total. The van der Waals surface area contributed by atoms with Crippen LogP contribution in [0.1, 0.15) is 65.2 Å². The molecule has 0 amide bonds. The lowest BCUT2D eigenvalue weighted by atomic mass is 9.91. The highest BCUT2D eigenvalue weighted by atomic mass is 15.2. The third kappa shape index (κ3) is 3.69. The van der Waals surface area contributed by atoms with Crippen LogP contribution in [0.5, 0.6) is 0 Å². The van der Waals surface area contributed by atoms with Crippen LogP contribution in [0.2, 0.25) is 0 Å². The highest BCUT2D eigenvalue weighted by Gasteiger charge is 2.36. The zero-order valence-electron chi connectivity index (χ0n) is 11.8. The topological polar surface area (TPSA) is 15.3 Å². The van der Waals surface area contributed by atoms with Crippen molar-refractivity contribution in [1.82, 2.24) is 10.2 Å². The van der Waals surface area contributed by atoms with Gasteiger partial charge in [-0.3, -0.25) is 4.90 Å². The number of hydrogen-bond donors (Lipinski definition) is 1. The van der Waals surface area contributed by atoms with E-state index in [-0.39, 0.29) is 0 Å². The van der Waals surface area contributed by atoms with Gasteiger partial charge in [0.2, 0.25) is 0 Å². The van der Waals surface area contributed by atoms with Gasteiger partial charge < -0.3 is 5.32 Å². The Labute approximate surface area is 107 Å². The van der Waals surface area contributed by atoms with Crippen LogP contribution in [-0.4, -0.2) is 36.1 Å². The first-order valence-corrected chi connectivity index (χ1v) is 7.86. The number of rotatable bonds is 5. The average molecular weight is 238 g/mol. The Balaban J connectivity index is 1.99. The SMILES string of the molecule is CCNC1CCCCCCC1N(CC)C1CC1. The Kier molecular flexibility index (Phi) is 5.30. The molecule has 2 fully saturated rings. The molecule has 0 saturated heterocycles. The Bertz CT molecular complexity index is 213.